The van der Waals surface area contributed by atoms with Crippen molar-refractivity contribution in [1.82, 2.24) is 9.55 Å². The van der Waals surface area contributed by atoms with Gasteiger partial charge >= 0.3 is 0 Å². The molecule has 5 aromatic rings. The SMILES string of the molecule is COc1cc(/C=C(\C#N)c2nc3ccccc3n2Cc2ccc(Cl)cc2)cc(Br)c1OCc1ccc(Cl)cc1Cl. The van der Waals surface area contributed by atoms with Crippen molar-refractivity contribution in [2.24, 2.45) is 0 Å². The summed E-state index contributed by atoms with van der Waals surface area (Å²) in [5.74, 6) is 1.57. The fourth-order valence-electron chi connectivity index (χ4n) is 4.28. The first-order valence-electron chi connectivity index (χ1n) is 12.1. The zero-order chi connectivity index (χ0) is 28.2. The van der Waals surface area contributed by atoms with Gasteiger partial charge in [0.1, 0.15) is 12.7 Å². The van der Waals surface area contributed by atoms with Crippen LogP contribution in [0.25, 0.3) is 22.7 Å². The summed E-state index contributed by atoms with van der Waals surface area (Å²) in [6.07, 6.45) is 1.78. The molecule has 0 aliphatic rings. The summed E-state index contributed by atoms with van der Waals surface area (Å²) in [6.45, 7) is 0.747. The summed E-state index contributed by atoms with van der Waals surface area (Å²) in [6, 6.07) is 26.7. The molecule has 5 rings (SSSR count). The Morgan fingerprint density at radius 1 is 1.00 bits per heavy atom. The van der Waals surface area contributed by atoms with Gasteiger partial charge in [0, 0.05) is 27.2 Å². The first kappa shape index (κ1) is 28.1. The molecule has 0 bridgehead atoms. The van der Waals surface area contributed by atoms with Crippen LogP contribution in [0.15, 0.2) is 83.3 Å². The average molecular weight is 654 g/mol. The normalized spacial score (nSPS) is 11.4. The largest absolute Gasteiger partial charge is 0.493 e. The summed E-state index contributed by atoms with van der Waals surface area (Å²) >= 11 is 22.0. The number of methoxy groups -OCH3 is 1. The van der Waals surface area contributed by atoms with E-state index in [-0.39, 0.29) is 6.61 Å². The molecule has 4 aromatic carbocycles. The highest BCUT2D eigenvalue weighted by molar-refractivity contribution is 9.10. The third-order valence-electron chi connectivity index (χ3n) is 6.22. The van der Waals surface area contributed by atoms with Gasteiger partial charge in [-0.3, -0.25) is 0 Å². The number of allylic oxidation sites excluding steroid dienone is 1. The van der Waals surface area contributed by atoms with E-state index in [0.717, 1.165) is 27.7 Å². The zero-order valence-electron chi connectivity index (χ0n) is 21.2. The van der Waals surface area contributed by atoms with Crippen LogP contribution < -0.4 is 9.47 Å². The Hall–Kier alpha value is -3.47. The van der Waals surface area contributed by atoms with E-state index in [4.69, 9.17) is 49.3 Å². The monoisotopic (exact) mass is 651 g/mol. The first-order valence-corrected chi connectivity index (χ1v) is 14.0. The highest BCUT2D eigenvalue weighted by Crippen LogP contribution is 2.39. The predicted molar refractivity (Wildman–Crippen MR) is 165 cm³/mol. The minimum atomic E-state index is 0.221. The molecule has 0 radical (unpaired) electrons. The van der Waals surface area contributed by atoms with Gasteiger partial charge in [-0.1, -0.05) is 65.1 Å². The number of nitriles is 1. The highest BCUT2D eigenvalue weighted by atomic mass is 79.9. The number of aromatic nitrogens is 2. The molecule has 0 atom stereocenters. The van der Waals surface area contributed by atoms with Crippen LogP contribution in [-0.2, 0) is 13.2 Å². The predicted octanol–water partition coefficient (Wildman–Crippen LogP) is 9.46. The van der Waals surface area contributed by atoms with Crippen molar-refractivity contribution in [3.63, 3.8) is 0 Å². The van der Waals surface area contributed by atoms with Crippen molar-refractivity contribution < 1.29 is 9.47 Å². The van der Waals surface area contributed by atoms with E-state index in [9.17, 15) is 5.26 Å². The summed E-state index contributed by atoms with van der Waals surface area (Å²) in [5.41, 5.74) is 4.70. The number of halogens is 4. The van der Waals surface area contributed by atoms with Crippen LogP contribution in [-0.4, -0.2) is 16.7 Å². The van der Waals surface area contributed by atoms with E-state index in [1.165, 1.54) is 0 Å². The second kappa shape index (κ2) is 12.4. The lowest BCUT2D eigenvalue weighted by atomic mass is 10.1. The molecule has 0 saturated carbocycles. The zero-order valence-corrected chi connectivity index (χ0v) is 25.0. The lowest BCUT2D eigenvalue weighted by Crippen LogP contribution is -2.04. The molecule has 1 heterocycles. The quantitative estimate of drug-likeness (QED) is 0.157. The molecule has 200 valence electrons. The van der Waals surface area contributed by atoms with E-state index in [1.807, 2.05) is 71.3 Å². The van der Waals surface area contributed by atoms with Gasteiger partial charge in [-0.05, 0) is 81.7 Å². The Morgan fingerprint density at radius 3 is 2.48 bits per heavy atom. The fraction of sp³-hybridized carbons (Fsp3) is 0.0968. The minimum Gasteiger partial charge on any atom is -0.493 e. The van der Waals surface area contributed by atoms with Crippen molar-refractivity contribution in [2.45, 2.75) is 13.2 Å². The van der Waals surface area contributed by atoms with Crippen molar-refractivity contribution >= 4 is 73.4 Å². The number of imidazole rings is 1. The number of benzene rings is 4. The number of hydrogen-bond acceptors (Lipinski definition) is 4. The third kappa shape index (κ3) is 6.14. The Labute approximate surface area is 255 Å². The maximum atomic E-state index is 10.2. The van der Waals surface area contributed by atoms with E-state index in [1.54, 1.807) is 25.3 Å². The Kier molecular flexibility index (Phi) is 8.68. The molecule has 0 saturated heterocycles. The molecular formula is C31H21BrCl3N3O2. The molecule has 0 aliphatic heterocycles. The van der Waals surface area contributed by atoms with Gasteiger partial charge in [-0.25, -0.2) is 4.98 Å². The van der Waals surface area contributed by atoms with E-state index >= 15 is 0 Å². The van der Waals surface area contributed by atoms with Crippen molar-refractivity contribution in [2.75, 3.05) is 7.11 Å². The number of ether oxygens (including phenoxy) is 2. The number of nitrogens with zero attached hydrogens (tertiary/aromatic N) is 3. The molecule has 0 spiro atoms. The van der Waals surface area contributed by atoms with Crippen LogP contribution in [0.5, 0.6) is 11.5 Å². The summed E-state index contributed by atoms with van der Waals surface area (Å²) in [5, 5.41) is 12.0. The third-order valence-corrected chi connectivity index (χ3v) is 7.65. The number of para-hydroxylation sites is 2. The molecule has 1 aromatic heterocycles. The van der Waals surface area contributed by atoms with Gasteiger partial charge in [-0.2, -0.15) is 5.26 Å². The Balaban J connectivity index is 1.51. The first-order chi connectivity index (χ1) is 19.4. The molecule has 0 fully saturated rings. The minimum absolute atomic E-state index is 0.221. The van der Waals surface area contributed by atoms with Crippen molar-refractivity contribution in [3.8, 4) is 17.6 Å². The number of fused-ring (bicyclic) bond motifs is 1. The lowest BCUT2D eigenvalue weighted by molar-refractivity contribution is 0.282. The summed E-state index contributed by atoms with van der Waals surface area (Å²) in [7, 11) is 1.56. The molecule has 0 unspecified atom stereocenters. The molecule has 0 N–H and O–H groups in total. The van der Waals surface area contributed by atoms with Crippen LogP contribution in [0.4, 0.5) is 0 Å². The lowest BCUT2D eigenvalue weighted by Gasteiger charge is -2.15. The summed E-state index contributed by atoms with van der Waals surface area (Å²) in [4.78, 5) is 4.81. The molecule has 5 nitrogen and oxygen atoms in total. The van der Waals surface area contributed by atoms with Gasteiger partial charge in [0.2, 0.25) is 0 Å². The van der Waals surface area contributed by atoms with E-state index in [2.05, 4.69) is 22.0 Å². The van der Waals surface area contributed by atoms with E-state index < -0.39 is 0 Å². The van der Waals surface area contributed by atoms with Gasteiger partial charge in [-0.15, -0.1) is 0 Å². The summed E-state index contributed by atoms with van der Waals surface area (Å²) < 4.78 is 14.4. The fourth-order valence-corrected chi connectivity index (χ4v) is 5.44. The van der Waals surface area contributed by atoms with E-state index in [0.29, 0.717) is 49.0 Å². The van der Waals surface area contributed by atoms with Crippen molar-refractivity contribution in [3.05, 3.63) is 121 Å². The van der Waals surface area contributed by atoms with Crippen molar-refractivity contribution in [1.29, 1.82) is 5.26 Å². The smallest absolute Gasteiger partial charge is 0.175 e. The Morgan fingerprint density at radius 2 is 1.75 bits per heavy atom. The van der Waals surface area contributed by atoms with Gasteiger partial charge in [0.15, 0.2) is 17.3 Å². The number of rotatable bonds is 8. The van der Waals surface area contributed by atoms with Gasteiger partial charge in [0.25, 0.3) is 0 Å². The topological polar surface area (TPSA) is 60.1 Å². The average Bonchev–Trinajstić information content (AvgIpc) is 3.31. The van der Waals surface area contributed by atoms with Gasteiger partial charge < -0.3 is 14.0 Å². The molecule has 40 heavy (non-hydrogen) atoms. The molecule has 0 amide bonds. The van der Waals surface area contributed by atoms with Crippen LogP contribution in [0, 0.1) is 11.3 Å². The molecule has 9 heteroatoms. The van der Waals surface area contributed by atoms with Gasteiger partial charge in [0.05, 0.1) is 28.2 Å². The molecule has 0 aliphatic carbocycles. The Bertz CT molecular complexity index is 1780. The standard InChI is InChI=1S/C31H21BrCl3N3O2/c1-39-29-14-20(13-25(32)30(29)40-18-21-8-11-24(34)15-26(21)35)12-22(16-36)31-37-27-4-2-3-5-28(27)38(31)17-19-6-9-23(33)10-7-19/h2-15H,17-18H2,1H3/b22-12+. The van der Waals surface area contributed by atoms with Crippen LogP contribution in [0.1, 0.15) is 22.5 Å². The maximum absolute atomic E-state index is 10.2. The van der Waals surface area contributed by atoms with Crippen LogP contribution in [0.3, 0.4) is 0 Å². The van der Waals surface area contributed by atoms with Crippen LogP contribution >= 0.6 is 50.7 Å². The second-order valence-electron chi connectivity index (χ2n) is 8.87. The second-order valence-corrected chi connectivity index (χ2v) is 11.0. The molecular weight excluding hydrogens is 633 g/mol. The highest BCUT2D eigenvalue weighted by Gasteiger charge is 2.17. The van der Waals surface area contributed by atoms with Crippen LogP contribution in [0.2, 0.25) is 15.1 Å². The maximum Gasteiger partial charge on any atom is 0.175 e. The number of hydrogen-bond donors (Lipinski definition) is 0.